The van der Waals surface area contributed by atoms with Gasteiger partial charge in [0.15, 0.2) is 34.6 Å². The van der Waals surface area contributed by atoms with Crippen LogP contribution in [0, 0.1) is 22.7 Å². The van der Waals surface area contributed by atoms with Gasteiger partial charge in [0.1, 0.15) is 57.2 Å². The molecule has 0 atom stereocenters. The third-order valence-electron chi connectivity index (χ3n) is 13.9. The van der Waals surface area contributed by atoms with Gasteiger partial charge in [-0.25, -0.2) is 59.8 Å². The van der Waals surface area contributed by atoms with Crippen molar-refractivity contribution in [3.05, 3.63) is 205 Å². The van der Waals surface area contributed by atoms with Gasteiger partial charge >= 0.3 is 0 Å². The van der Waals surface area contributed by atoms with E-state index in [0.717, 1.165) is 33.4 Å². The zero-order valence-electron chi connectivity index (χ0n) is 41.7. The molecule has 0 saturated carbocycles. The summed E-state index contributed by atoms with van der Waals surface area (Å²) in [6.45, 7) is 0. The molecule has 2 N–H and O–H groups in total. The number of nitrogens with one attached hydrogen (secondary N) is 2. The van der Waals surface area contributed by atoms with Crippen LogP contribution < -0.4 is 0 Å². The molecule has 0 spiro atoms. The fourth-order valence-corrected chi connectivity index (χ4v) is 10.2. The van der Waals surface area contributed by atoms with Crippen molar-refractivity contribution in [2.45, 2.75) is 0 Å². The second-order valence-corrected chi connectivity index (χ2v) is 18.8. The highest BCUT2D eigenvalue weighted by Gasteiger charge is 2.30. The van der Waals surface area contributed by atoms with Gasteiger partial charge in [-0.3, -0.25) is 0 Å². The number of rotatable bonds is 6. The second kappa shape index (κ2) is 18.4. The van der Waals surface area contributed by atoms with Gasteiger partial charge in [-0.1, -0.05) is 182 Å². The molecule has 0 radical (unpaired) electrons. The van der Waals surface area contributed by atoms with Gasteiger partial charge < -0.3 is 9.97 Å². The minimum absolute atomic E-state index is 0.146. The molecule has 0 saturated heterocycles. The summed E-state index contributed by atoms with van der Waals surface area (Å²) in [5, 5.41) is 21.7. The van der Waals surface area contributed by atoms with Gasteiger partial charge in [-0.05, 0) is 12.1 Å². The molecule has 15 rings (SSSR count). The first-order chi connectivity index (χ1) is 39.5. The monoisotopic (exact) mass is 1030 g/mol. The summed E-state index contributed by atoms with van der Waals surface area (Å²) in [6, 6.07) is 66.7. The van der Waals surface area contributed by atoms with E-state index in [1.807, 2.05) is 182 Å². The summed E-state index contributed by atoms with van der Waals surface area (Å²) in [5.74, 6) is 0.691. The molecule has 8 heterocycles. The predicted molar refractivity (Wildman–Crippen MR) is 305 cm³/mol. The molecular formula is C64H34N16. The molecule has 0 fully saturated rings. The van der Waals surface area contributed by atoms with Crippen molar-refractivity contribution in [3.8, 4) is 126 Å². The Labute approximate surface area is 453 Å². The van der Waals surface area contributed by atoms with Crippen molar-refractivity contribution in [1.82, 2.24) is 69.8 Å². The number of nitrogens with zero attached hydrogens (tertiary/aromatic N) is 14. The van der Waals surface area contributed by atoms with E-state index in [-0.39, 0.29) is 57.0 Å². The Morgan fingerprint density at radius 2 is 0.487 bits per heavy atom. The van der Waals surface area contributed by atoms with Crippen LogP contribution in [0.25, 0.3) is 158 Å². The van der Waals surface area contributed by atoms with Crippen LogP contribution in [0.5, 0.6) is 0 Å². The van der Waals surface area contributed by atoms with Crippen molar-refractivity contribution in [3.63, 3.8) is 0 Å². The van der Waals surface area contributed by atoms with E-state index in [4.69, 9.17) is 59.8 Å². The summed E-state index contributed by atoms with van der Waals surface area (Å²) >= 11 is 0. The topological polar surface area (TPSA) is 234 Å². The third kappa shape index (κ3) is 7.60. The summed E-state index contributed by atoms with van der Waals surface area (Å²) < 4.78 is 0. The summed E-state index contributed by atoms with van der Waals surface area (Å²) in [5.41, 5.74) is 12.1. The Hall–Kier alpha value is -11.9. The fourth-order valence-electron chi connectivity index (χ4n) is 10.2. The molecule has 0 amide bonds. The smallest absolute Gasteiger partial charge is 0.184 e. The quantitative estimate of drug-likeness (QED) is 0.158. The molecule has 6 aromatic heterocycles. The van der Waals surface area contributed by atoms with Gasteiger partial charge in [0.25, 0.3) is 0 Å². The van der Waals surface area contributed by atoms with Crippen LogP contribution in [0.2, 0.25) is 0 Å². The van der Waals surface area contributed by atoms with Crippen molar-refractivity contribution >= 4 is 44.4 Å². The highest BCUT2D eigenvalue weighted by atomic mass is 15.1. The first-order valence-electron chi connectivity index (χ1n) is 25.4. The van der Waals surface area contributed by atoms with Crippen LogP contribution in [0.4, 0.5) is 0 Å². The molecule has 0 aliphatic carbocycles. The van der Waals surface area contributed by atoms with Crippen LogP contribution in [0.15, 0.2) is 194 Å². The van der Waals surface area contributed by atoms with E-state index in [2.05, 4.69) is 22.1 Å². The first kappa shape index (κ1) is 45.5. The van der Waals surface area contributed by atoms with Crippen LogP contribution in [-0.4, -0.2) is 69.8 Å². The number of benzene rings is 7. The van der Waals surface area contributed by atoms with E-state index in [1.165, 1.54) is 0 Å². The summed E-state index contributed by atoms with van der Waals surface area (Å²) in [7, 11) is 0. The zero-order valence-corrected chi connectivity index (χ0v) is 41.7. The predicted octanol–water partition coefficient (Wildman–Crippen LogP) is 13.0. The normalized spacial score (nSPS) is 11.5. The van der Waals surface area contributed by atoms with E-state index in [1.54, 1.807) is 12.1 Å². The molecule has 370 valence electrons. The van der Waals surface area contributed by atoms with Crippen LogP contribution in [0.3, 0.4) is 0 Å². The molecular weight excluding hydrogens is 993 g/mol. The van der Waals surface area contributed by atoms with Crippen LogP contribution in [0.1, 0.15) is 11.1 Å². The standard InChI is InChI=1S/C64H34N16/c65-33-41-31-43-44(32-42(41)34-66)58-73-57(43)74-59-51-53(69-47(37-23-11-3-12-24-37)45(67-51)35-19-7-1-8-20-35)61(76-59)78-63-55-56(72-50(40-29-17-6-18-30-40)49(71-55)39-27-15-5-16-28-39)64(80-63)79-62-54-52(60(75-58)77-62)68-46(36-21-9-2-10-22-36)48(70-54)38-25-13-4-14-26-38/h1-32H,(H2,73,74,75,76,77,78,79,80). The SMILES string of the molecule is N#Cc1cc2c3nc4nc(nc5[nH]c(nc6nc(nc([nH]3)c2cc1C#N)-c1nc(-c2ccccc2)c(-c2ccccc2)nc1-6)c1nc(-c2ccccc2)c(-c2ccccc2)nc51)-c1nc(-c2ccccc2)c(-c2ccccc2)nc1-4. The maximum Gasteiger partial charge on any atom is 0.184 e. The number of aromatic nitrogens is 14. The van der Waals surface area contributed by atoms with Gasteiger partial charge in [-0.2, -0.15) is 10.5 Å². The Kier molecular flexibility index (Phi) is 10.5. The number of aromatic amines is 2. The van der Waals surface area contributed by atoms with Gasteiger partial charge in [0, 0.05) is 44.2 Å². The minimum Gasteiger partial charge on any atom is -0.324 e. The van der Waals surface area contributed by atoms with Crippen LogP contribution >= 0.6 is 0 Å². The van der Waals surface area contributed by atoms with Crippen molar-refractivity contribution < 1.29 is 0 Å². The Bertz CT molecular complexity index is 4630. The zero-order chi connectivity index (χ0) is 53.3. The number of nitriles is 2. The molecule has 16 nitrogen and oxygen atoms in total. The van der Waals surface area contributed by atoms with Gasteiger partial charge in [0.2, 0.25) is 0 Å². The van der Waals surface area contributed by atoms with Crippen molar-refractivity contribution in [1.29, 1.82) is 10.5 Å². The largest absolute Gasteiger partial charge is 0.324 e. The Morgan fingerprint density at radius 3 is 0.750 bits per heavy atom. The second-order valence-electron chi connectivity index (χ2n) is 18.8. The van der Waals surface area contributed by atoms with Crippen LogP contribution in [-0.2, 0) is 0 Å². The Morgan fingerprint density at radius 1 is 0.250 bits per heavy atom. The molecule has 7 aromatic carbocycles. The lowest BCUT2D eigenvalue weighted by Crippen LogP contribution is -1.99. The lowest BCUT2D eigenvalue weighted by atomic mass is 10.0. The molecule has 2 aliphatic rings. The maximum absolute atomic E-state index is 10.4. The molecule has 0 unspecified atom stereocenters. The highest BCUT2D eigenvalue weighted by molar-refractivity contribution is 6.07. The fraction of sp³-hybridized carbons (Fsp3) is 0. The first-order valence-corrected chi connectivity index (χ1v) is 25.4. The van der Waals surface area contributed by atoms with E-state index in [0.29, 0.717) is 78.7 Å². The number of hydrogen-bond donors (Lipinski definition) is 2. The summed E-state index contributed by atoms with van der Waals surface area (Å²) in [6.07, 6.45) is 0. The van der Waals surface area contributed by atoms with E-state index in [9.17, 15) is 10.5 Å². The molecule has 80 heavy (non-hydrogen) atoms. The maximum atomic E-state index is 10.4. The average Bonchev–Trinajstić information content (AvgIpc) is 4.33. The molecule has 13 aromatic rings. The highest BCUT2D eigenvalue weighted by Crippen LogP contribution is 2.42. The Balaban J connectivity index is 1.12. The van der Waals surface area contributed by atoms with E-state index >= 15 is 0 Å². The lowest BCUT2D eigenvalue weighted by Gasteiger charge is -2.11. The van der Waals surface area contributed by atoms with Gasteiger partial charge in [-0.15, -0.1) is 0 Å². The molecule has 16 heteroatoms. The minimum atomic E-state index is 0.146. The molecule has 8 bridgehead atoms. The van der Waals surface area contributed by atoms with Crippen molar-refractivity contribution in [2.75, 3.05) is 0 Å². The average molecular weight is 1030 g/mol. The molecule has 2 aliphatic heterocycles. The lowest BCUT2D eigenvalue weighted by molar-refractivity contribution is 1.18. The number of fused-ring (bicyclic) bond motifs is 20. The number of H-pyrrole nitrogens is 2. The van der Waals surface area contributed by atoms with E-state index < -0.39 is 0 Å². The third-order valence-corrected chi connectivity index (χ3v) is 13.9. The number of hydrogen-bond acceptors (Lipinski definition) is 14. The van der Waals surface area contributed by atoms with Gasteiger partial charge in [0.05, 0.1) is 45.3 Å². The summed E-state index contributed by atoms with van der Waals surface area (Å²) in [4.78, 5) is 70.8. The van der Waals surface area contributed by atoms with Crippen molar-refractivity contribution in [2.24, 2.45) is 0 Å².